The second kappa shape index (κ2) is 8.45. The summed E-state index contributed by atoms with van der Waals surface area (Å²) in [7, 11) is 0. The van der Waals surface area contributed by atoms with Gasteiger partial charge in [0.1, 0.15) is 11.3 Å². The van der Waals surface area contributed by atoms with Crippen LogP contribution in [0.15, 0.2) is 29.8 Å². The van der Waals surface area contributed by atoms with Gasteiger partial charge in [-0.2, -0.15) is 0 Å². The van der Waals surface area contributed by atoms with Crippen LogP contribution in [0, 0.1) is 0 Å². The number of hydrogen-bond acceptors (Lipinski definition) is 6. The Kier molecular flexibility index (Phi) is 5.82. The fourth-order valence-electron chi connectivity index (χ4n) is 2.67. The first-order valence-corrected chi connectivity index (χ1v) is 8.51. The van der Waals surface area contributed by atoms with Gasteiger partial charge in [0.25, 0.3) is 17.7 Å². The molecule has 142 valence electrons. The van der Waals surface area contributed by atoms with Crippen molar-refractivity contribution in [3.63, 3.8) is 0 Å². The molecule has 1 atom stereocenters. The molecule has 0 bridgehead atoms. The number of nitrogens with one attached hydrogen (secondary N) is 3. The van der Waals surface area contributed by atoms with Crippen LogP contribution in [0.3, 0.4) is 0 Å². The van der Waals surface area contributed by atoms with E-state index in [0.29, 0.717) is 17.9 Å². The molecule has 0 aromatic heterocycles. The van der Waals surface area contributed by atoms with Gasteiger partial charge < -0.3 is 14.8 Å². The van der Waals surface area contributed by atoms with Gasteiger partial charge in [0, 0.05) is 13.2 Å². The molecule has 0 saturated carbocycles. The van der Waals surface area contributed by atoms with Gasteiger partial charge >= 0.3 is 6.03 Å². The molecule has 3 rings (SSSR count). The van der Waals surface area contributed by atoms with E-state index < -0.39 is 17.8 Å². The molecule has 9 heteroatoms. The van der Waals surface area contributed by atoms with Gasteiger partial charge in [-0.05, 0) is 36.6 Å². The monoisotopic (exact) mass is 373 g/mol. The summed E-state index contributed by atoms with van der Waals surface area (Å²) >= 11 is 0. The fourth-order valence-corrected chi connectivity index (χ4v) is 2.67. The highest BCUT2D eigenvalue weighted by atomic mass is 16.5. The summed E-state index contributed by atoms with van der Waals surface area (Å²) in [5.41, 5.74) is 0.400. The van der Waals surface area contributed by atoms with Gasteiger partial charge in [-0.15, -0.1) is 0 Å². The molecule has 2 saturated heterocycles. The van der Waals surface area contributed by atoms with E-state index in [1.165, 1.54) is 6.08 Å². The predicted molar refractivity (Wildman–Crippen MR) is 93.6 cm³/mol. The smallest absolute Gasteiger partial charge is 0.328 e. The Morgan fingerprint density at radius 2 is 1.89 bits per heavy atom. The Balaban J connectivity index is 1.50. The SMILES string of the molecule is O=C(COc1ccc(C=C2C(=O)NC(=O)NC2=O)cc1)NC[C@H]1CCCO1. The van der Waals surface area contributed by atoms with Crippen molar-refractivity contribution in [2.45, 2.75) is 18.9 Å². The molecular formula is C18H19N3O6. The topological polar surface area (TPSA) is 123 Å². The van der Waals surface area contributed by atoms with E-state index in [0.717, 1.165) is 19.4 Å². The van der Waals surface area contributed by atoms with Crippen LogP contribution in [0.25, 0.3) is 6.08 Å². The van der Waals surface area contributed by atoms with Crippen molar-refractivity contribution in [3.8, 4) is 5.75 Å². The lowest BCUT2D eigenvalue weighted by atomic mass is 10.1. The van der Waals surface area contributed by atoms with Crippen molar-refractivity contribution < 1.29 is 28.7 Å². The highest BCUT2D eigenvalue weighted by molar-refractivity contribution is 6.31. The van der Waals surface area contributed by atoms with Gasteiger partial charge in [0.15, 0.2) is 6.61 Å². The fraction of sp³-hybridized carbons (Fsp3) is 0.333. The second-order valence-corrected chi connectivity index (χ2v) is 6.09. The van der Waals surface area contributed by atoms with E-state index in [-0.39, 0.29) is 24.2 Å². The van der Waals surface area contributed by atoms with E-state index >= 15 is 0 Å². The van der Waals surface area contributed by atoms with Gasteiger partial charge in [0.05, 0.1) is 6.10 Å². The highest BCUT2D eigenvalue weighted by Gasteiger charge is 2.27. The van der Waals surface area contributed by atoms with Gasteiger partial charge in [0.2, 0.25) is 0 Å². The highest BCUT2D eigenvalue weighted by Crippen LogP contribution is 2.16. The van der Waals surface area contributed by atoms with Crippen LogP contribution in [0.1, 0.15) is 18.4 Å². The quantitative estimate of drug-likeness (QED) is 0.480. The third-order valence-corrected chi connectivity index (χ3v) is 4.06. The summed E-state index contributed by atoms with van der Waals surface area (Å²) < 4.78 is 10.8. The Morgan fingerprint density at radius 1 is 1.19 bits per heavy atom. The molecule has 0 spiro atoms. The Bertz CT molecular complexity index is 759. The van der Waals surface area contributed by atoms with Crippen LogP contribution in [0.4, 0.5) is 4.79 Å². The number of rotatable bonds is 6. The van der Waals surface area contributed by atoms with E-state index in [1.807, 2.05) is 10.6 Å². The number of benzene rings is 1. The van der Waals surface area contributed by atoms with Crippen molar-refractivity contribution in [1.29, 1.82) is 0 Å². The molecule has 0 aliphatic carbocycles. The molecule has 3 N–H and O–H groups in total. The first-order valence-electron chi connectivity index (χ1n) is 8.51. The number of imide groups is 2. The summed E-state index contributed by atoms with van der Waals surface area (Å²) in [6.45, 7) is 1.08. The third-order valence-electron chi connectivity index (χ3n) is 4.06. The molecule has 2 heterocycles. The Morgan fingerprint density at radius 3 is 2.52 bits per heavy atom. The number of barbiturate groups is 1. The maximum Gasteiger partial charge on any atom is 0.328 e. The maximum atomic E-state index is 11.8. The molecule has 9 nitrogen and oxygen atoms in total. The van der Waals surface area contributed by atoms with Crippen molar-refractivity contribution in [2.75, 3.05) is 19.8 Å². The minimum atomic E-state index is -0.844. The van der Waals surface area contributed by atoms with Crippen molar-refractivity contribution >= 4 is 29.8 Å². The summed E-state index contributed by atoms with van der Waals surface area (Å²) in [5, 5.41) is 6.76. The predicted octanol–water partition coefficient (Wildman–Crippen LogP) is 0.110. The molecule has 2 aliphatic heterocycles. The zero-order valence-corrected chi connectivity index (χ0v) is 14.4. The normalized spacial score (nSPS) is 19.3. The van der Waals surface area contributed by atoms with Crippen LogP contribution in [0.5, 0.6) is 5.75 Å². The molecule has 0 unspecified atom stereocenters. The minimum absolute atomic E-state index is 0.0748. The van der Waals surface area contributed by atoms with Crippen molar-refractivity contribution in [2.24, 2.45) is 0 Å². The van der Waals surface area contributed by atoms with Crippen molar-refractivity contribution in [1.82, 2.24) is 16.0 Å². The standard InChI is InChI=1S/C18H19N3O6/c22-15(19-9-13-2-1-7-26-13)10-27-12-5-3-11(4-6-12)8-14-16(23)20-18(25)21-17(14)24/h3-6,8,13H,1-2,7,9-10H2,(H,19,22)(H2,20,21,23,24,25)/t13-/m1/s1. The largest absolute Gasteiger partial charge is 0.484 e. The number of hydrogen-bond donors (Lipinski definition) is 3. The van der Waals surface area contributed by atoms with E-state index in [1.54, 1.807) is 24.3 Å². The first-order chi connectivity index (χ1) is 13.0. The van der Waals surface area contributed by atoms with Crippen LogP contribution in [0.2, 0.25) is 0 Å². The second-order valence-electron chi connectivity index (χ2n) is 6.09. The average molecular weight is 373 g/mol. The summed E-state index contributed by atoms with van der Waals surface area (Å²) in [5.74, 6) is -1.28. The number of urea groups is 1. The zero-order chi connectivity index (χ0) is 19.2. The van der Waals surface area contributed by atoms with Gasteiger partial charge in [-0.1, -0.05) is 12.1 Å². The number of carbonyl (C=O) groups excluding carboxylic acids is 4. The average Bonchev–Trinajstić information content (AvgIpc) is 3.16. The lowest BCUT2D eigenvalue weighted by Crippen LogP contribution is -2.51. The van der Waals surface area contributed by atoms with E-state index in [2.05, 4.69) is 5.32 Å². The summed E-state index contributed by atoms with van der Waals surface area (Å²) in [4.78, 5) is 46.2. The van der Waals surface area contributed by atoms with Gasteiger partial charge in [-0.3, -0.25) is 25.0 Å². The van der Waals surface area contributed by atoms with Crippen LogP contribution in [-0.4, -0.2) is 49.6 Å². The Hall–Kier alpha value is -3.20. The lowest BCUT2D eigenvalue weighted by molar-refractivity contribution is -0.124. The Labute approximate surface area is 155 Å². The van der Waals surface area contributed by atoms with Crippen molar-refractivity contribution in [3.05, 3.63) is 35.4 Å². The molecule has 5 amide bonds. The molecule has 27 heavy (non-hydrogen) atoms. The molecule has 1 aromatic rings. The lowest BCUT2D eigenvalue weighted by Gasteiger charge is -2.14. The molecule has 1 aromatic carbocycles. The number of ether oxygens (including phenoxy) is 2. The number of amides is 5. The minimum Gasteiger partial charge on any atom is -0.484 e. The number of carbonyl (C=O) groups is 4. The third kappa shape index (κ3) is 5.14. The molecular weight excluding hydrogens is 354 g/mol. The first kappa shape index (κ1) is 18.6. The summed E-state index contributed by atoms with van der Waals surface area (Å²) in [6.07, 6.45) is 3.39. The van der Waals surface area contributed by atoms with Crippen LogP contribution >= 0.6 is 0 Å². The van der Waals surface area contributed by atoms with Crippen LogP contribution in [-0.2, 0) is 19.1 Å². The van der Waals surface area contributed by atoms with Gasteiger partial charge in [-0.25, -0.2) is 4.79 Å². The molecule has 2 aliphatic rings. The molecule has 0 radical (unpaired) electrons. The zero-order valence-electron chi connectivity index (χ0n) is 14.4. The van der Waals surface area contributed by atoms with Crippen LogP contribution < -0.4 is 20.7 Å². The van der Waals surface area contributed by atoms with E-state index in [9.17, 15) is 19.2 Å². The summed E-state index contributed by atoms with van der Waals surface area (Å²) in [6, 6.07) is 5.64. The molecule has 2 fully saturated rings. The van der Waals surface area contributed by atoms with E-state index in [4.69, 9.17) is 9.47 Å². The maximum absolute atomic E-state index is 11.8.